The van der Waals surface area contributed by atoms with E-state index >= 15 is 0 Å². The number of rotatable bonds is 36. The first-order valence-electron chi connectivity index (χ1n) is 28.8. The van der Waals surface area contributed by atoms with Gasteiger partial charge in [0.25, 0.3) is 0 Å². The number of aromatic nitrogens is 1. The zero-order chi connectivity index (χ0) is 63.9. The van der Waals surface area contributed by atoms with Crippen molar-refractivity contribution in [2.24, 2.45) is 5.73 Å². The number of aliphatic hydroxyl groups is 3. The van der Waals surface area contributed by atoms with Gasteiger partial charge < -0.3 is 78.5 Å². The second-order valence-corrected chi connectivity index (χ2v) is 22.2. The number of nitrogens with two attached hydrogens (primary N) is 1. The number of hydrogen-bond acceptors (Lipinski definition) is 16. The third-order valence-electron chi connectivity index (χ3n) is 12.9. The van der Waals surface area contributed by atoms with Gasteiger partial charge in [-0.05, 0) is 81.5 Å². The lowest BCUT2D eigenvalue weighted by molar-refractivity contribution is -0.135. The van der Waals surface area contributed by atoms with Crippen molar-refractivity contribution in [3.05, 3.63) is 114 Å². The Hall–Kier alpha value is -6.96. The molecule has 0 bridgehead atoms. The molecular weight excluding hydrogens is 1130 g/mol. The molecule has 4 aromatic rings. The van der Waals surface area contributed by atoms with Crippen molar-refractivity contribution in [1.82, 2.24) is 47.5 Å². The summed E-state index contributed by atoms with van der Waals surface area (Å²) in [4.78, 5) is 109. The molecule has 1 heterocycles. The SMILES string of the molecule is C=C(NC(C=O)C(C)O)C(CSSCC(C)NC(=O)C(Cc1ccccc1)NC(=O)CC)NC(=O)C(NC(=O)C(CCCCN)NC(=O)C(Cc1c[nH]c2ccccc12)NC(=O)C(Cc1ccc(O)cc1)NC=O)C(C)O.CC.CCCC.CO. The number of aromatic hydroxyl groups is 1. The number of aliphatic hydroxyl groups excluding tert-OH is 3. The van der Waals surface area contributed by atoms with Crippen LogP contribution in [-0.4, -0.2) is 159 Å². The molecule has 4 rings (SSSR count). The minimum absolute atomic E-state index is 0.00550. The molecular formula is C61H94N10O12S2. The molecule has 472 valence electrons. The predicted molar refractivity (Wildman–Crippen MR) is 338 cm³/mol. The molecule has 0 aliphatic heterocycles. The van der Waals surface area contributed by atoms with E-state index in [4.69, 9.17) is 10.8 Å². The average Bonchev–Trinajstić information content (AvgIpc) is 3.98. The van der Waals surface area contributed by atoms with E-state index in [1.54, 1.807) is 32.2 Å². The summed E-state index contributed by atoms with van der Waals surface area (Å²) in [6.45, 7) is 18.8. The third-order valence-corrected chi connectivity index (χ3v) is 15.5. The number of benzene rings is 3. The first-order valence-corrected chi connectivity index (χ1v) is 31.3. The number of unbranched alkanes of at least 4 members (excludes halogenated alkanes) is 2. The molecule has 0 aliphatic carbocycles. The van der Waals surface area contributed by atoms with Gasteiger partial charge in [0.2, 0.25) is 41.9 Å². The Kier molecular flexibility index (Phi) is 39.0. The minimum Gasteiger partial charge on any atom is -0.508 e. The van der Waals surface area contributed by atoms with Crippen LogP contribution in [0.5, 0.6) is 5.75 Å². The summed E-state index contributed by atoms with van der Waals surface area (Å²) in [6.07, 6.45) is 3.85. The second-order valence-electron chi connectivity index (χ2n) is 19.7. The van der Waals surface area contributed by atoms with Crippen LogP contribution in [0.3, 0.4) is 0 Å². The molecule has 0 saturated heterocycles. The molecule has 10 atom stereocenters. The molecule has 0 radical (unpaired) electrons. The zero-order valence-electron chi connectivity index (χ0n) is 50.7. The van der Waals surface area contributed by atoms with Crippen LogP contribution in [-0.2, 0) is 57.6 Å². The van der Waals surface area contributed by atoms with Gasteiger partial charge in [0.05, 0.1) is 18.2 Å². The topological polar surface area (TPSA) is 356 Å². The van der Waals surface area contributed by atoms with Gasteiger partial charge in [-0.25, -0.2) is 0 Å². The van der Waals surface area contributed by atoms with E-state index in [0.717, 1.165) is 23.6 Å². The van der Waals surface area contributed by atoms with E-state index in [1.165, 1.54) is 60.4 Å². The largest absolute Gasteiger partial charge is 0.508 e. The Morgan fingerprint density at radius 2 is 1.16 bits per heavy atom. The highest BCUT2D eigenvalue weighted by molar-refractivity contribution is 8.76. The summed E-state index contributed by atoms with van der Waals surface area (Å²) in [7, 11) is 3.63. The summed E-state index contributed by atoms with van der Waals surface area (Å²) in [5.74, 6) is -3.31. The summed E-state index contributed by atoms with van der Waals surface area (Å²) < 4.78 is 0. The van der Waals surface area contributed by atoms with Crippen LogP contribution in [0.4, 0.5) is 0 Å². The van der Waals surface area contributed by atoms with Crippen molar-refractivity contribution in [1.29, 1.82) is 0 Å². The molecule has 15 N–H and O–H groups in total. The fourth-order valence-electron chi connectivity index (χ4n) is 7.95. The number of carbonyl (C=O) groups is 8. The molecule has 0 fully saturated rings. The molecule has 10 unspecified atom stereocenters. The Labute approximate surface area is 509 Å². The molecule has 85 heavy (non-hydrogen) atoms. The van der Waals surface area contributed by atoms with Gasteiger partial charge in [-0.1, -0.05) is 136 Å². The smallest absolute Gasteiger partial charge is 0.245 e. The van der Waals surface area contributed by atoms with E-state index in [-0.39, 0.29) is 73.7 Å². The van der Waals surface area contributed by atoms with Crippen molar-refractivity contribution in [3.8, 4) is 5.75 Å². The van der Waals surface area contributed by atoms with Crippen LogP contribution in [0.15, 0.2) is 97.3 Å². The van der Waals surface area contributed by atoms with Gasteiger partial charge in [-0.3, -0.25) is 33.6 Å². The fourth-order valence-corrected chi connectivity index (χ4v) is 10.5. The zero-order valence-corrected chi connectivity index (χ0v) is 52.3. The molecule has 24 heteroatoms. The number of phenolic OH excluding ortho intramolecular Hbond substituents is 1. The van der Waals surface area contributed by atoms with Gasteiger partial charge in [-0.15, -0.1) is 0 Å². The van der Waals surface area contributed by atoms with Crippen LogP contribution < -0.4 is 48.3 Å². The highest BCUT2D eigenvalue weighted by atomic mass is 33.1. The summed E-state index contributed by atoms with van der Waals surface area (Å²) in [5.41, 5.74) is 8.84. The van der Waals surface area contributed by atoms with E-state index in [0.29, 0.717) is 42.4 Å². The maximum atomic E-state index is 14.5. The number of carbonyl (C=O) groups excluding carboxylic acids is 8. The number of H-pyrrole nitrogens is 1. The first kappa shape index (κ1) is 76.1. The van der Waals surface area contributed by atoms with E-state index in [1.807, 2.05) is 68.4 Å². The summed E-state index contributed by atoms with van der Waals surface area (Å²) in [6, 6.07) is 14.0. The van der Waals surface area contributed by atoms with Crippen molar-refractivity contribution in [3.63, 3.8) is 0 Å². The van der Waals surface area contributed by atoms with Gasteiger partial charge >= 0.3 is 0 Å². The van der Waals surface area contributed by atoms with Gasteiger partial charge in [-0.2, -0.15) is 0 Å². The van der Waals surface area contributed by atoms with Crippen molar-refractivity contribution in [2.75, 3.05) is 25.2 Å². The van der Waals surface area contributed by atoms with Crippen LogP contribution in [0.1, 0.15) is 111 Å². The van der Waals surface area contributed by atoms with Crippen molar-refractivity contribution in [2.45, 2.75) is 174 Å². The number of aldehydes is 1. The van der Waals surface area contributed by atoms with Crippen molar-refractivity contribution >= 4 is 80.6 Å². The molecule has 0 spiro atoms. The number of fused-ring (bicyclic) bond motifs is 1. The van der Waals surface area contributed by atoms with E-state index in [9.17, 15) is 53.7 Å². The van der Waals surface area contributed by atoms with Gasteiger partial charge in [0.1, 0.15) is 48.3 Å². The number of amides is 7. The Bertz CT molecular complexity index is 2610. The highest BCUT2D eigenvalue weighted by Crippen LogP contribution is 2.25. The van der Waals surface area contributed by atoms with Crippen molar-refractivity contribution < 1.29 is 58.8 Å². The third kappa shape index (κ3) is 28.7. The molecule has 0 aliphatic rings. The second kappa shape index (κ2) is 43.6. The lowest BCUT2D eigenvalue weighted by atomic mass is 10.0. The lowest BCUT2D eigenvalue weighted by Gasteiger charge is -2.29. The summed E-state index contributed by atoms with van der Waals surface area (Å²) >= 11 is 0. The quantitative estimate of drug-likeness (QED) is 0.0175. The lowest BCUT2D eigenvalue weighted by Crippen LogP contribution is -2.61. The molecule has 7 amide bonds. The number of para-hydroxylation sites is 1. The predicted octanol–water partition coefficient (Wildman–Crippen LogP) is 3.74. The van der Waals surface area contributed by atoms with Gasteiger partial charge in [0, 0.05) is 73.1 Å². The number of aromatic amines is 1. The van der Waals surface area contributed by atoms with Crippen LogP contribution >= 0.6 is 21.6 Å². The monoisotopic (exact) mass is 1220 g/mol. The minimum atomic E-state index is -1.60. The number of nitrogens with one attached hydrogen (secondary N) is 9. The van der Waals surface area contributed by atoms with Crippen LogP contribution in [0.25, 0.3) is 10.9 Å². The number of phenols is 1. The standard InChI is InChI=1S/C54H74N10O11S2.C4H10.C2H6.CH4O/c1-6-48(70)60-44(25-36-14-8-7-9-15-36)52(73)58-32(2)29-76-77-30-47(33(3)59-46(28-65)34(4)67)63-54(75)49(35(5)68)64-50(71)42(18-12-13-23-55)61-53(74)45(26-38-27-56-41-17-11-10-16-40(38)41)62-51(72)43(57-31-66)24-37-19-21-39(69)22-20-37;1-3-4-2;2*1-2/h7-11,14-17,19-22,27-28,31-32,34-35,42-47,49,56,59,67-69H,3,6,12-13,18,23-26,29-30,55H2,1-2,4-5H3,(H,57,66)(H,58,73)(H,60,70)(H,61,74)(H,62,72)(H,63,75)(H,64,71);3-4H2,1-2H3;1-2H3;2H,1H3. The molecule has 0 saturated carbocycles. The summed E-state index contributed by atoms with van der Waals surface area (Å²) in [5, 5.41) is 60.8. The van der Waals surface area contributed by atoms with E-state index < -0.39 is 78.1 Å². The Morgan fingerprint density at radius 3 is 1.75 bits per heavy atom. The maximum absolute atomic E-state index is 14.5. The molecule has 3 aromatic carbocycles. The Balaban J connectivity index is 0.00000428. The van der Waals surface area contributed by atoms with Gasteiger partial charge in [0.15, 0.2) is 0 Å². The van der Waals surface area contributed by atoms with E-state index in [2.05, 4.69) is 67.9 Å². The maximum Gasteiger partial charge on any atom is 0.245 e. The number of hydrogen-bond donors (Lipinski definition) is 14. The molecule has 1 aromatic heterocycles. The normalized spacial score (nSPS) is 14.1. The average molecular weight is 1220 g/mol. The van der Waals surface area contributed by atoms with Crippen LogP contribution in [0, 0.1) is 0 Å². The first-order chi connectivity index (χ1) is 40.8. The fraction of sp³-hybridized carbons (Fsp3) is 0.508. The molecule has 22 nitrogen and oxygen atoms in total. The van der Waals surface area contributed by atoms with Crippen LogP contribution in [0.2, 0.25) is 0 Å². The Morgan fingerprint density at radius 1 is 0.624 bits per heavy atom. The highest BCUT2D eigenvalue weighted by Gasteiger charge is 2.34.